The van der Waals surface area contributed by atoms with Crippen LogP contribution in [-0.4, -0.2) is 31.7 Å². The third-order valence-electron chi connectivity index (χ3n) is 5.48. The lowest BCUT2D eigenvalue weighted by molar-refractivity contribution is -0.115. The van der Waals surface area contributed by atoms with Crippen LogP contribution in [0.3, 0.4) is 0 Å². The second-order valence-corrected chi connectivity index (χ2v) is 10.2. The summed E-state index contributed by atoms with van der Waals surface area (Å²) in [5.74, 6) is -1.01. The number of benzene rings is 3. The van der Waals surface area contributed by atoms with Crippen molar-refractivity contribution in [1.29, 1.82) is 0 Å². The van der Waals surface area contributed by atoms with Crippen molar-refractivity contribution in [2.45, 2.75) is 10.8 Å². The number of aromatic nitrogens is 1. The van der Waals surface area contributed by atoms with Gasteiger partial charge in [-0.05, 0) is 41.3 Å². The van der Waals surface area contributed by atoms with Gasteiger partial charge in [-0.25, -0.2) is 13.4 Å². The van der Waals surface area contributed by atoms with E-state index < -0.39 is 15.9 Å². The predicted molar refractivity (Wildman–Crippen MR) is 131 cm³/mol. The highest BCUT2D eigenvalue weighted by molar-refractivity contribution is 9.10. The molecule has 5 rings (SSSR count). The van der Waals surface area contributed by atoms with Gasteiger partial charge in [0.05, 0.1) is 5.69 Å². The topological polar surface area (TPSA) is 103 Å². The highest BCUT2D eigenvalue weighted by Gasteiger charge is 2.29. The van der Waals surface area contributed by atoms with Crippen molar-refractivity contribution in [3.05, 3.63) is 94.6 Å². The summed E-state index contributed by atoms with van der Waals surface area (Å²) in [7, 11) is -3.90. The number of para-hydroxylation sites is 1. The van der Waals surface area contributed by atoms with Gasteiger partial charge in [-0.3, -0.25) is 9.52 Å². The van der Waals surface area contributed by atoms with Gasteiger partial charge in [-0.2, -0.15) is 0 Å². The van der Waals surface area contributed by atoms with E-state index in [1.54, 1.807) is 12.1 Å². The molecule has 1 aliphatic heterocycles. The number of aliphatic imine (C=N–C) groups is 1. The molecule has 1 unspecified atom stereocenters. The first kappa shape index (κ1) is 21.4. The van der Waals surface area contributed by atoms with Crippen molar-refractivity contribution in [3.8, 4) is 0 Å². The van der Waals surface area contributed by atoms with Gasteiger partial charge in [-0.1, -0.05) is 64.5 Å². The van der Waals surface area contributed by atoms with Gasteiger partial charge in [0.2, 0.25) is 5.84 Å². The van der Waals surface area contributed by atoms with Gasteiger partial charge in [0.25, 0.3) is 15.9 Å². The number of hydrogen-bond acceptors (Lipinski definition) is 4. The zero-order valence-corrected chi connectivity index (χ0v) is 19.7. The van der Waals surface area contributed by atoms with Crippen LogP contribution in [0.5, 0.6) is 0 Å². The molecule has 4 aromatic rings. The molecule has 3 N–H and O–H groups in total. The minimum atomic E-state index is -3.90. The van der Waals surface area contributed by atoms with Crippen molar-refractivity contribution >= 4 is 54.3 Å². The molecule has 1 atom stereocenters. The Morgan fingerprint density at radius 1 is 1.00 bits per heavy atom. The van der Waals surface area contributed by atoms with Crippen LogP contribution in [-0.2, 0) is 14.8 Å². The van der Waals surface area contributed by atoms with Crippen LogP contribution in [0.1, 0.15) is 17.2 Å². The second-order valence-electron chi connectivity index (χ2n) is 7.66. The predicted octanol–water partition coefficient (Wildman–Crippen LogP) is 4.20. The first-order chi connectivity index (χ1) is 15.9. The Kier molecular flexibility index (Phi) is 5.51. The van der Waals surface area contributed by atoms with E-state index in [2.05, 4.69) is 42.0 Å². The Morgan fingerprint density at radius 3 is 2.55 bits per heavy atom. The first-order valence-corrected chi connectivity index (χ1v) is 12.5. The second kappa shape index (κ2) is 8.49. The lowest BCUT2D eigenvalue weighted by atomic mass is 9.95. The van der Waals surface area contributed by atoms with E-state index in [0.29, 0.717) is 4.47 Å². The standard InChI is InChI=1S/C24H19BrN4O3S/c25-17-10-11-20-22(13-17)33(31,32)29-23(28-20)24(30)26-14-18(15-6-2-1-3-7-15)21-12-16-8-4-5-9-19(16)27-21/h1-13,18,27H,14H2,(H,26,30)(H,28,29). The molecule has 166 valence electrons. The summed E-state index contributed by atoms with van der Waals surface area (Å²) in [5.41, 5.74) is 3.19. The van der Waals surface area contributed by atoms with Crippen LogP contribution in [0.25, 0.3) is 10.9 Å². The Balaban J connectivity index is 1.43. The van der Waals surface area contributed by atoms with Gasteiger partial charge in [0.15, 0.2) is 0 Å². The quantitative estimate of drug-likeness (QED) is 0.365. The van der Waals surface area contributed by atoms with Gasteiger partial charge in [0.1, 0.15) is 4.90 Å². The number of H-pyrrole nitrogens is 1. The maximum Gasteiger partial charge on any atom is 0.287 e. The van der Waals surface area contributed by atoms with E-state index in [9.17, 15) is 13.2 Å². The zero-order valence-electron chi connectivity index (χ0n) is 17.2. The smallest absolute Gasteiger partial charge is 0.287 e. The van der Waals surface area contributed by atoms with Gasteiger partial charge in [-0.15, -0.1) is 0 Å². The Bertz CT molecular complexity index is 1460. The fraction of sp³-hybridized carbons (Fsp3) is 0.0833. The highest BCUT2D eigenvalue weighted by Crippen LogP contribution is 2.31. The number of carbonyl (C=O) groups excluding carboxylic acids is 1. The Labute approximate surface area is 199 Å². The summed E-state index contributed by atoms with van der Waals surface area (Å²) in [6.07, 6.45) is 0. The van der Waals surface area contributed by atoms with Gasteiger partial charge in [0, 0.05) is 28.1 Å². The average molecular weight is 523 g/mol. The molecular weight excluding hydrogens is 504 g/mol. The molecule has 0 bridgehead atoms. The number of sulfonamides is 1. The number of hydrogen-bond donors (Lipinski definition) is 3. The maximum absolute atomic E-state index is 12.9. The summed E-state index contributed by atoms with van der Waals surface area (Å²) in [6, 6.07) is 24.5. The fourth-order valence-corrected chi connectivity index (χ4v) is 5.56. The SMILES string of the molecule is O=C(NCC(c1ccccc1)c1cc2ccccc2[nH]1)C1=Nc2ccc(Br)cc2S(=O)(=O)N1. The molecule has 0 saturated heterocycles. The summed E-state index contributed by atoms with van der Waals surface area (Å²) >= 11 is 3.26. The third kappa shape index (κ3) is 4.29. The first-order valence-electron chi connectivity index (χ1n) is 10.2. The van der Waals surface area contributed by atoms with E-state index in [1.807, 2.05) is 54.6 Å². The Morgan fingerprint density at radius 2 is 1.76 bits per heavy atom. The van der Waals surface area contributed by atoms with E-state index >= 15 is 0 Å². The number of rotatable bonds is 5. The lowest BCUT2D eigenvalue weighted by Gasteiger charge is -2.20. The Hall–Kier alpha value is -3.43. The molecule has 7 nitrogen and oxygen atoms in total. The van der Waals surface area contributed by atoms with Crippen LogP contribution in [0.15, 0.2) is 93.2 Å². The van der Waals surface area contributed by atoms with Crippen LogP contribution in [0, 0.1) is 0 Å². The van der Waals surface area contributed by atoms with Crippen LogP contribution >= 0.6 is 15.9 Å². The molecule has 2 heterocycles. The molecule has 0 fully saturated rings. The van der Waals surface area contributed by atoms with Gasteiger partial charge < -0.3 is 10.3 Å². The number of amidine groups is 1. The number of nitrogens with zero attached hydrogens (tertiary/aromatic N) is 1. The van der Waals surface area contributed by atoms with E-state index in [1.165, 1.54) is 6.07 Å². The molecule has 0 radical (unpaired) electrons. The number of halogens is 1. The lowest BCUT2D eigenvalue weighted by Crippen LogP contribution is -2.45. The summed E-state index contributed by atoms with van der Waals surface area (Å²) in [5, 5.41) is 3.92. The van der Waals surface area contributed by atoms with E-state index in [-0.39, 0.29) is 28.9 Å². The molecule has 1 aromatic heterocycles. The third-order valence-corrected chi connectivity index (χ3v) is 7.35. The number of fused-ring (bicyclic) bond motifs is 2. The molecular formula is C24H19BrN4O3S. The molecule has 0 spiro atoms. The largest absolute Gasteiger partial charge is 0.358 e. The monoisotopic (exact) mass is 522 g/mol. The molecule has 1 aliphatic rings. The van der Waals surface area contributed by atoms with Crippen molar-refractivity contribution in [1.82, 2.24) is 15.0 Å². The van der Waals surface area contributed by atoms with Crippen LogP contribution < -0.4 is 10.0 Å². The normalized spacial score (nSPS) is 15.2. The van der Waals surface area contributed by atoms with Crippen molar-refractivity contribution < 1.29 is 13.2 Å². The molecule has 33 heavy (non-hydrogen) atoms. The van der Waals surface area contributed by atoms with E-state index in [0.717, 1.165) is 22.2 Å². The maximum atomic E-state index is 12.9. The summed E-state index contributed by atoms with van der Waals surface area (Å²) in [6.45, 7) is 0.254. The van der Waals surface area contributed by atoms with Crippen molar-refractivity contribution in [2.24, 2.45) is 4.99 Å². The fourth-order valence-electron chi connectivity index (χ4n) is 3.87. The number of carbonyl (C=O) groups is 1. The molecule has 0 saturated carbocycles. The van der Waals surface area contributed by atoms with Crippen molar-refractivity contribution in [2.75, 3.05) is 6.54 Å². The zero-order chi connectivity index (χ0) is 23.0. The van der Waals surface area contributed by atoms with Crippen molar-refractivity contribution in [3.63, 3.8) is 0 Å². The summed E-state index contributed by atoms with van der Waals surface area (Å²) in [4.78, 5) is 20.6. The van der Waals surface area contributed by atoms with Crippen LogP contribution in [0.2, 0.25) is 0 Å². The van der Waals surface area contributed by atoms with Gasteiger partial charge >= 0.3 is 0 Å². The number of nitrogens with one attached hydrogen (secondary N) is 3. The number of amides is 1. The molecule has 9 heteroatoms. The molecule has 1 amide bonds. The number of aromatic amines is 1. The average Bonchev–Trinajstić information content (AvgIpc) is 3.24. The summed E-state index contributed by atoms with van der Waals surface area (Å²) < 4.78 is 28.1. The minimum absolute atomic E-state index is 0.0219. The molecule has 3 aromatic carbocycles. The highest BCUT2D eigenvalue weighted by atomic mass is 79.9. The van der Waals surface area contributed by atoms with E-state index in [4.69, 9.17) is 0 Å². The van der Waals surface area contributed by atoms with Crippen LogP contribution in [0.4, 0.5) is 5.69 Å². The molecule has 0 aliphatic carbocycles. The minimum Gasteiger partial charge on any atom is -0.358 e.